The van der Waals surface area contributed by atoms with Gasteiger partial charge in [-0.15, -0.1) is 0 Å². The molecule has 0 spiro atoms. The van der Waals surface area contributed by atoms with Crippen molar-refractivity contribution in [2.75, 3.05) is 13.2 Å². The van der Waals surface area contributed by atoms with Crippen LogP contribution in [0.25, 0.3) is 0 Å². The number of rotatable bonds is 4. The molecular formula is C12H16FN3O. The Bertz CT molecular complexity index is 434. The minimum Gasteiger partial charge on any atom is -0.463 e. The Morgan fingerprint density at radius 1 is 1.59 bits per heavy atom. The molecule has 1 aromatic rings. The third-order valence-electron chi connectivity index (χ3n) is 2.64. The lowest BCUT2D eigenvalue weighted by molar-refractivity contribution is 0.309. The SMILES string of the molecule is Cc1ccc(CNC[C@H]2COC(N)=N2)c(F)c1. The van der Waals surface area contributed by atoms with Crippen LogP contribution in [0.5, 0.6) is 0 Å². The van der Waals surface area contributed by atoms with Crippen molar-refractivity contribution in [3.8, 4) is 0 Å². The highest BCUT2D eigenvalue weighted by atomic mass is 19.1. The van der Waals surface area contributed by atoms with E-state index in [1.807, 2.05) is 13.0 Å². The highest BCUT2D eigenvalue weighted by Crippen LogP contribution is 2.09. The lowest BCUT2D eigenvalue weighted by Crippen LogP contribution is -2.26. The van der Waals surface area contributed by atoms with Crippen LogP contribution in [-0.4, -0.2) is 25.2 Å². The zero-order valence-electron chi connectivity index (χ0n) is 9.74. The Hall–Kier alpha value is -1.62. The van der Waals surface area contributed by atoms with Gasteiger partial charge in [0.05, 0.1) is 0 Å². The average Bonchev–Trinajstić information content (AvgIpc) is 2.68. The molecule has 0 saturated carbocycles. The Labute approximate surface area is 99.7 Å². The Morgan fingerprint density at radius 3 is 3.06 bits per heavy atom. The van der Waals surface area contributed by atoms with E-state index in [4.69, 9.17) is 10.5 Å². The summed E-state index contributed by atoms with van der Waals surface area (Å²) in [5.74, 6) is -0.178. The number of hydrogen-bond acceptors (Lipinski definition) is 4. The van der Waals surface area contributed by atoms with Gasteiger partial charge in [-0.3, -0.25) is 0 Å². The first-order valence-electron chi connectivity index (χ1n) is 5.57. The maximum absolute atomic E-state index is 13.5. The number of benzene rings is 1. The van der Waals surface area contributed by atoms with Gasteiger partial charge in [0.25, 0.3) is 6.02 Å². The molecule has 2 rings (SSSR count). The van der Waals surface area contributed by atoms with E-state index in [1.54, 1.807) is 6.07 Å². The number of halogens is 1. The molecule has 0 aliphatic carbocycles. The summed E-state index contributed by atoms with van der Waals surface area (Å²) in [6.45, 7) is 3.48. The van der Waals surface area contributed by atoms with Crippen LogP contribution >= 0.6 is 0 Å². The van der Waals surface area contributed by atoms with Crippen molar-refractivity contribution >= 4 is 6.02 Å². The molecule has 0 aromatic heterocycles. The van der Waals surface area contributed by atoms with E-state index >= 15 is 0 Å². The van der Waals surface area contributed by atoms with Crippen molar-refractivity contribution in [2.45, 2.75) is 19.5 Å². The van der Waals surface area contributed by atoms with Crippen LogP contribution in [0, 0.1) is 12.7 Å². The van der Waals surface area contributed by atoms with Gasteiger partial charge in [0.15, 0.2) is 0 Å². The molecule has 1 aliphatic heterocycles. The van der Waals surface area contributed by atoms with Gasteiger partial charge in [-0.1, -0.05) is 12.1 Å². The van der Waals surface area contributed by atoms with Crippen molar-refractivity contribution in [3.05, 3.63) is 35.1 Å². The predicted octanol–water partition coefficient (Wildman–Crippen LogP) is 0.937. The maximum Gasteiger partial charge on any atom is 0.282 e. The molecule has 92 valence electrons. The highest BCUT2D eigenvalue weighted by molar-refractivity contribution is 5.73. The van der Waals surface area contributed by atoms with Gasteiger partial charge in [-0.05, 0) is 18.6 Å². The summed E-state index contributed by atoms with van der Waals surface area (Å²) in [6.07, 6.45) is 0. The van der Waals surface area contributed by atoms with E-state index in [0.717, 1.165) is 5.56 Å². The van der Waals surface area contributed by atoms with Gasteiger partial charge >= 0.3 is 0 Å². The van der Waals surface area contributed by atoms with Gasteiger partial charge in [0, 0.05) is 18.7 Å². The quantitative estimate of drug-likeness (QED) is 0.819. The molecule has 1 heterocycles. The number of hydrogen-bond donors (Lipinski definition) is 2. The van der Waals surface area contributed by atoms with Crippen LogP contribution in [-0.2, 0) is 11.3 Å². The average molecular weight is 237 g/mol. The molecule has 3 N–H and O–H groups in total. The van der Waals surface area contributed by atoms with E-state index in [9.17, 15) is 4.39 Å². The Kier molecular flexibility index (Phi) is 3.58. The fourth-order valence-electron chi connectivity index (χ4n) is 1.71. The second-order valence-corrected chi connectivity index (χ2v) is 4.16. The van der Waals surface area contributed by atoms with Gasteiger partial charge < -0.3 is 15.8 Å². The molecule has 0 saturated heterocycles. The summed E-state index contributed by atoms with van der Waals surface area (Å²) in [6, 6.07) is 5.49. The minimum atomic E-state index is -0.178. The number of nitrogens with one attached hydrogen (secondary N) is 1. The molecule has 1 atom stereocenters. The van der Waals surface area contributed by atoms with Crippen molar-refractivity contribution in [1.82, 2.24) is 5.32 Å². The Balaban J connectivity index is 1.82. The second-order valence-electron chi connectivity index (χ2n) is 4.16. The standard InChI is InChI=1S/C12H16FN3O/c1-8-2-3-9(11(13)4-8)5-15-6-10-7-17-12(14)16-10/h2-4,10,15H,5-7H2,1H3,(H2,14,16)/t10-/m0/s1. The minimum absolute atomic E-state index is 0.0310. The van der Waals surface area contributed by atoms with Crippen molar-refractivity contribution < 1.29 is 9.13 Å². The fourth-order valence-corrected chi connectivity index (χ4v) is 1.71. The first-order chi connectivity index (χ1) is 8.15. The number of aliphatic imine (C=N–C) groups is 1. The van der Waals surface area contributed by atoms with E-state index in [-0.39, 0.29) is 17.9 Å². The molecule has 1 aliphatic rings. The molecule has 1 aromatic carbocycles. The Morgan fingerprint density at radius 2 is 2.41 bits per heavy atom. The molecule has 17 heavy (non-hydrogen) atoms. The monoisotopic (exact) mass is 237 g/mol. The summed E-state index contributed by atoms with van der Waals surface area (Å²) in [4.78, 5) is 4.07. The van der Waals surface area contributed by atoms with Gasteiger partial charge in [0.1, 0.15) is 18.5 Å². The predicted molar refractivity (Wildman–Crippen MR) is 64.2 cm³/mol. The summed E-state index contributed by atoms with van der Waals surface area (Å²) in [7, 11) is 0. The van der Waals surface area contributed by atoms with Crippen molar-refractivity contribution in [2.24, 2.45) is 10.7 Å². The van der Waals surface area contributed by atoms with Crippen LogP contribution in [0.1, 0.15) is 11.1 Å². The molecule has 0 amide bonds. The van der Waals surface area contributed by atoms with Crippen LogP contribution < -0.4 is 11.1 Å². The molecule has 0 fully saturated rings. The van der Waals surface area contributed by atoms with Crippen LogP contribution in [0.2, 0.25) is 0 Å². The molecule has 4 nitrogen and oxygen atoms in total. The van der Waals surface area contributed by atoms with Gasteiger partial charge in [-0.2, -0.15) is 0 Å². The number of nitrogens with zero attached hydrogens (tertiary/aromatic N) is 1. The van der Waals surface area contributed by atoms with Gasteiger partial charge in [0.2, 0.25) is 0 Å². The van der Waals surface area contributed by atoms with E-state index in [1.165, 1.54) is 6.07 Å². The number of nitrogens with two attached hydrogens (primary N) is 1. The summed E-state index contributed by atoms with van der Waals surface area (Å²) in [5.41, 5.74) is 6.97. The molecule has 5 heteroatoms. The maximum atomic E-state index is 13.5. The topological polar surface area (TPSA) is 59.6 Å². The highest BCUT2D eigenvalue weighted by Gasteiger charge is 2.15. The van der Waals surface area contributed by atoms with Crippen molar-refractivity contribution in [3.63, 3.8) is 0 Å². The first-order valence-corrected chi connectivity index (χ1v) is 5.57. The third kappa shape index (κ3) is 3.17. The number of ether oxygens (including phenoxy) is 1. The number of amidine groups is 1. The van der Waals surface area contributed by atoms with Crippen LogP contribution in [0.15, 0.2) is 23.2 Å². The fraction of sp³-hybridized carbons (Fsp3) is 0.417. The molecule has 0 unspecified atom stereocenters. The van der Waals surface area contributed by atoms with Crippen molar-refractivity contribution in [1.29, 1.82) is 0 Å². The van der Waals surface area contributed by atoms with Gasteiger partial charge in [-0.25, -0.2) is 9.38 Å². The normalized spacial score (nSPS) is 18.9. The lowest BCUT2D eigenvalue weighted by Gasteiger charge is -2.08. The largest absolute Gasteiger partial charge is 0.463 e. The lowest BCUT2D eigenvalue weighted by atomic mass is 10.1. The number of aryl methyl sites for hydroxylation is 1. The van der Waals surface area contributed by atoms with E-state index in [0.29, 0.717) is 25.3 Å². The summed E-state index contributed by atoms with van der Waals surface area (Å²) >= 11 is 0. The van der Waals surface area contributed by atoms with Crippen LogP contribution in [0.3, 0.4) is 0 Å². The molecular weight excluding hydrogens is 221 g/mol. The second kappa shape index (κ2) is 5.14. The summed E-state index contributed by atoms with van der Waals surface area (Å²) < 4.78 is 18.5. The van der Waals surface area contributed by atoms with E-state index in [2.05, 4.69) is 10.3 Å². The third-order valence-corrected chi connectivity index (χ3v) is 2.64. The first kappa shape index (κ1) is 11.9. The zero-order valence-corrected chi connectivity index (χ0v) is 9.74. The summed E-state index contributed by atoms with van der Waals surface area (Å²) in [5, 5.41) is 3.14. The molecule has 0 radical (unpaired) electrons. The van der Waals surface area contributed by atoms with E-state index < -0.39 is 0 Å². The zero-order chi connectivity index (χ0) is 12.3. The van der Waals surface area contributed by atoms with Crippen LogP contribution in [0.4, 0.5) is 4.39 Å². The molecule has 0 bridgehead atoms. The smallest absolute Gasteiger partial charge is 0.282 e.